The number of nitrogens with one attached hydrogen (secondary N) is 1. The molecule has 1 aromatic rings. The summed E-state index contributed by atoms with van der Waals surface area (Å²) in [5, 5.41) is 0. The number of nitrogens with zero attached hydrogens (tertiary/aromatic N) is 3. The number of H-pyrrole nitrogens is 1. The maximum atomic E-state index is 11.4. The van der Waals surface area contributed by atoms with Crippen LogP contribution in [0.4, 0.5) is 0 Å². The van der Waals surface area contributed by atoms with Gasteiger partial charge in [-0.15, -0.1) is 0 Å². The molecule has 2 aliphatic rings. The normalized spacial score (nSPS) is 25.3. The van der Waals surface area contributed by atoms with Crippen molar-refractivity contribution >= 4 is 0 Å². The Morgan fingerprint density at radius 2 is 2.17 bits per heavy atom. The largest absolute Gasteiger partial charge is 0.380 e. The molecule has 2 aliphatic heterocycles. The maximum Gasteiger partial charge on any atom is 0.250 e. The van der Waals surface area contributed by atoms with Crippen molar-refractivity contribution in [3.63, 3.8) is 0 Å². The van der Waals surface area contributed by atoms with Crippen LogP contribution in [0.2, 0.25) is 0 Å². The predicted molar refractivity (Wildman–Crippen MR) is 89.6 cm³/mol. The molecule has 6 heteroatoms. The van der Waals surface area contributed by atoms with Crippen molar-refractivity contribution in [2.75, 3.05) is 45.9 Å². The Morgan fingerprint density at radius 3 is 2.91 bits per heavy atom. The van der Waals surface area contributed by atoms with Crippen LogP contribution in [0, 0.1) is 5.92 Å². The van der Waals surface area contributed by atoms with Crippen molar-refractivity contribution in [3.8, 4) is 0 Å². The second kappa shape index (κ2) is 8.04. The average molecular weight is 320 g/mol. The number of ether oxygens (including phenoxy) is 1. The van der Waals surface area contributed by atoms with Crippen LogP contribution in [0.5, 0.6) is 0 Å². The molecule has 6 nitrogen and oxygen atoms in total. The highest BCUT2D eigenvalue weighted by atomic mass is 16.5. The highest BCUT2D eigenvalue weighted by Gasteiger charge is 2.28. The molecule has 3 rings (SSSR count). The molecule has 0 spiro atoms. The van der Waals surface area contributed by atoms with Crippen LogP contribution in [-0.2, 0) is 11.2 Å². The van der Waals surface area contributed by atoms with Crippen molar-refractivity contribution in [2.45, 2.75) is 32.2 Å². The van der Waals surface area contributed by atoms with E-state index >= 15 is 0 Å². The number of likely N-dealkylation sites (tertiary alicyclic amines) is 1. The van der Waals surface area contributed by atoms with Crippen LogP contribution in [0.3, 0.4) is 0 Å². The molecule has 0 radical (unpaired) electrons. The molecule has 1 aromatic heterocycles. The van der Waals surface area contributed by atoms with Gasteiger partial charge in [-0.3, -0.25) is 9.69 Å². The van der Waals surface area contributed by atoms with Crippen molar-refractivity contribution < 1.29 is 4.74 Å². The number of hydrogen-bond acceptors (Lipinski definition) is 5. The zero-order chi connectivity index (χ0) is 16.1. The number of piperidine rings is 1. The van der Waals surface area contributed by atoms with E-state index in [1.54, 1.807) is 6.07 Å². The van der Waals surface area contributed by atoms with Crippen molar-refractivity contribution in [1.82, 2.24) is 19.8 Å². The Bertz CT molecular complexity index is 539. The lowest BCUT2D eigenvalue weighted by Gasteiger charge is -2.38. The van der Waals surface area contributed by atoms with Crippen LogP contribution < -0.4 is 5.56 Å². The van der Waals surface area contributed by atoms with Crippen LogP contribution in [0.1, 0.15) is 25.5 Å². The molecule has 0 bridgehead atoms. The summed E-state index contributed by atoms with van der Waals surface area (Å²) in [7, 11) is 0. The molecular weight excluding hydrogens is 292 g/mol. The van der Waals surface area contributed by atoms with Gasteiger partial charge < -0.3 is 14.6 Å². The smallest absolute Gasteiger partial charge is 0.250 e. The van der Waals surface area contributed by atoms with Gasteiger partial charge in [0.2, 0.25) is 0 Å². The lowest BCUT2D eigenvalue weighted by atomic mass is 9.99. The second-order valence-corrected chi connectivity index (χ2v) is 6.71. The van der Waals surface area contributed by atoms with Crippen LogP contribution in [-0.4, -0.2) is 71.7 Å². The molecule has 0 aromatic carbocycles. The SMILES string of the molecule is CCN1CCC(N2CCOC[C@H](Cc3cc(=O)[nH]cn3)C2)CC1. The Morgan fingerprint density at radius 1 is 1.35 bits per heavy atom. The van der Waals surface area contributed by atoms with Crippen LogP contribution in [0.15, 0.2) is 17.2 Å². The number of rotatable bonds is 4. The third kappa shape index (κ3) is 4.62. The molecule has 128 valence electrons. The van der Waals surface area contributed by atoms with Crippen molar-refractivity contribution in [2.24, 2.45) is 5.92 Å². The average Bonchev–Trinajstić information content (AvgIpc) is 2.80. The molecule has 0 unspecified atom stereocenters. The van der Waals surface area contributed by atoms with E-state index in [0.29, 0.717) is 12.0 Å². The standard InChI is InChI=1S/C17H28N4O2/c1-2-20-5-3-16(4-6-20)21-7-8-23-12-14(11-21)9-15-10-17(22)19-13-18-15/h10,13-14,16H,2-9,11-12H2,1H3,(H,18,19,22)/t14-/m1/s1. The van der Waals surface area contributed by atoms with E-state index in [9.17, 15) is 4.79 Å². The summed E-state index contributed by atoms with van der Waals surface area (Å²) in [4.78, 5) is 23.4. The first-order chi connectivity index (χ1) is 11.2. The van der Waals surface area contributed by atoms with Gasteiger partial charge in [-0.2, -0.15) is 0 Å². The fourth-order valence-electron chi connectivity index (χ4n) is 3.78. The van der Waals surface area contributed by atoms with Gasteiger partial charge >= 0.3 is 0 Å². The Hall–Kier alpha value is -1.24. The summed E-state index contributed by atoms with van der Waals surface area (Å²) in [6.45, 7) is 9.46. The molecule has 2 fully saturated rings. The summed E-state index contributed by atoms with van der Waals surface area (Å²) in [6, 6.07) is 2.28. The minimum atomic E-state index is -0.0756. The second-order valence-electron chi connectivity index (χ2n) is 6.71. The van der Waals surface area contributed by atoms with Gasteiger partial charge in [0.15, 0.2) is 0 Å². The molecule has 1 N–H and O–H groups in total. The van der Waals surface area contributed by atoms with Crippen LogP contribution in [0.25, 0.3) is 0 Å². The quantitative estimate of drug-likeness (QED) is 0.887. The summed E-state index contributed by atoms with van der Waals surface area (Å²) < 4.78 is 5.81. The number of aromatic amines is 1. The lowest BCUT2D eigenvalue weighted by molar-refractivity contribution is 0.0987. The van der Waals surface area contributed by atoms with Gasteiger partial charge in [0.25, 0.3) is 5.56 Å². The molecule has 2 saturated heterocycles. The zero-order valence-corrected chi connectivity index (χ0v) is 14.0. The highest BCUT2D eigenvalue weighted by Crippen LogP contribution is 2.20. The van der Waals surface area contributed by atoms with Gasteiger partial charge in [-0.25, -0.2) is 4.98 Å². The molecule has 23 heavy (non-hydrogen) atoms. The maximum absolute atomic E-state index is 11.4. The Kier molecular flexibility index (Phi) is 5.80. The van der Waals surface area contributed by atoms with E-state index in [2.05, 4.69) is 26.7 Å². The topological polar surface area (TPSA) is 61.5 Å². The third-order valence-electron chi connectivity index (χ3n) is 5.12. The summed E-state index contributed by atoms with van der Waals surface area (Å²) in [5.74, 6) is 0.413. The molecule has 3 heterocycles. The lowest BCUT2D eigenvalue weighted by Crippen LogP contribution is -2.46. The summed E-state index contributed by atoms with van der Waals surface area (Å²) in [5.41, 5.74) is 0.790. The predicted octanol–water partition coefficient (Wildman–Crippen LogP) is 0.745. The minimum Gasteiger partial charge on any atom is -0.380 e. The molecular formula is C17H28N4O2. The van der Waals surface area contributed by atoms with Gasteiger partial charge in [0, 0.05) is 36.8 Å². The van der Waals surface area contributed by atoms with Gasteiger partial charge in [-0.1, -0.05) is 6.92 Å². The van der Waals surface area contributed by atoms with E-state index in [1.807, 2.05) is 0 Å². The van der Waals surface area contributed by atoms with E-state index in [0.717, 1.165) is 45.0 Å². The number of aromatic nitrogens is 2. The fourth-order valence-corrected chi connectivity index (χ4v) is 3.78. The first-order valence-electron chi connectivity index (χ1n) is 8.82. The molecule has 1 atom stereocenters. The van der Waals surface area contributed by atoms with E-state index in [1.165, 1.54) is 32.3 Å². The summed E-state index contributed by atoms with van der Waals surface area (Å²) >= 11 is 0. The van der Waals surface area contributed by atoms with E-state index in [-0.39, 0.29) is 5.56 Å². The van der Waals surface area contributed by atoms with Crippen molar-refractivity contribution in [3.05, 3.63) is 28.4 Å². The Balaban J connectivity index is 1.59. The monoisotopic (exact) mass is 320 g/mol. The molecule has 0 amide bonds. The molecule has 0 saturated carbocycles. The van der Waals surface area contributed by atoms with Gasteiger partial charge in [0.05, 0.1) is 19.5 Å². The van der Waals surface area contributed by atoms with Crippen molar-refractivity contribution in [1.29, 1.82) is 0 Å². The first-order valence-corrected chi connectivity index (χ1v) is 8.82. The third-order valence-corrected chi connectivity index (χ3v) is 5.12. The van der Waals surface area contributed by atoms with Gasteiger partial charge in [-0.05, 0) is 38.9 Å². The first kappa shape index (κ1) is 16.6. The van der Waals surface area contributed by atoms with Crippen LogP contribution >= 0.6 is 0 Å². The minimum absolute atomic E-state index is 0.0756. The Labute approximate surface area is 137 Å². The zero-order valence-electron chi connectivity index (χ0n) is 14.0. The summed E-state index contributed by atoms with van der Waals surface area (Å²) in [6.07, 6.45) is 4.81. The fraction of sp³-hybridized carbons (Fsp3) is 0.765. The van der Waals surface area contributed by atoms with E-state index in [4.69, 9.17) is 4.74 Å². The molecule has 0 aliphatic carbocycles. The highest BCUT2D eigenvalue weighted by molar-refractivity contribution is 5.00. The van der Waals surface area contributed by atoms with Gasteiger partial charge in [0.1, 0.15) is 0 Å². The number of hydrogen-bond donors (Lipinski definition) is 1. The van der Waals surface area contributed by atoms with E-state index < -0.39 is 0 Å².